The Morgan fingerprint density at radius 2 is 2.07 bits per heavy atom. The van der Waals surface area contributed by atoms with Crippen LogP contribution in [-0.4, -0.2) is 16.8 Å². The van der Waals surface area contributed by atoms with Crippen LogP contribution in [0.3, 0.4) is 0 Å². The lowest BCUT2D eigenvalue weighted by Crippen LogP contribution is -1.98. The molecule has 0 spiro atoms. The molecule has 0 aliphatic heterocycles. The molecule has 0 unspecified atom stereocenters. The summed E-state index contributed by atoms with van der Waals surface area (Å²) in [5.74, 6) is 1.15. The van der Waals surface area contributed by atoms with E-state index in [0.717, 1.165) is 11.3 Å². The Kier molecular flexibility index (Phi) is 2.63. The maximum Gasteiger partial charge on any atom is 0.133 e. The Labute approximate surface area is 88.5 Å². The van der Waals surface area contributed by atoms with E-state index in [0.29, 0.717) is 6.54 Å². The van der Waals surface area contributed by atoms with Gasteiger partial charge in [0.2, 0.25) is 0 Å². The molecular weight excluding hydrogens is 190 g/mol. The molecule has 2 rings (SSSR count). The topological polar surface area (TPSA) is 34.4 Å². The summed E-state index contributed by atoms with van der Waals surface area (Å²) in [5.41, 5.74) is 1.09. The number of benzene rings is 1. The van der Waals surface area contributed by atoms with Gasteiger partial charge in [-0.15, -0.1) is 0 Å². The summed E-state index contributed by atoms with van der Waals surface area (Å²) in [6.45, 7) is 0.699. The fourth-order valence-corrected chi connectivity index (χ4v) is 1.56. The molecule has 2 aromatic rings. The molecule has 1 N–H and O–H groups in total. The molecule has 0 amide bonds. The van der Waals surface area contributed by atoms with Crippen LogP contribution in [0.1, 0.15) is 5.56 Å². The molecule has 0 radical (unpaired) electrons. The molecule has 1 aromatic heterocycles. The highest BCUT2D eigenvalue weighted by atomic mass is 16.5. The van der Waals surface area contributed by atoms with Crippen molar-refractivity contribution >= 4 is 0 Å². The number of hydrogen-bond acceptors (Lipinski definition) is 2. The first kappa shape index (κ1) is 9.65. The summed E-state index contributed by atoms with van der Waals surface area (Å²) in [4.78, 5) is 0. The molecule has 0 saturated heterocycles. The van der Waals surface area contributed by atoms with E-state index in [4.69, 9.17) is 4.74 Å². The fraction of sp³-hybridized carbons (Fsp3) is 0.167. The van der Waals surface area contributed by atoms with Crippen molar-refractivity contribution in [2.45, 2.75) is 6.54 Å². The lowest BCUT2D eigenvalue weighted by molar-refractivity contribution is 0.408. The Morgan fingerprint density at radius 3 is 2.73 bits per heavy atom. The van der Waals surface area contributed by atoms with Crippen molar-refractivity contribution in [3.63, 3.8) is 0 Å². The average molecular weight is 203 g/mol. The average Bonchev–Trinajstić information content (AvgIpc) is 2.65. The van der Waals surface area contributed by atoms with Crippen LogP contribution >= 0.6 is 0 Å². The Balaban J connectivity index is 2.23. The van der Waals surface area contributed by atoms with Crippen molar-refractivity contribution < 1.29 is 9.84 Å². The Hall–Kier alpha value is -1.90. The number of nitrogens with zero attached hydrogens (tertiary/aromatic N) is 1. The molecule has 0 bridgehead atoms. The van der Waals surface area contributed by atoms with Gasteiger partial charge >= 0.3 is 0 Å². The third-order valence-corrected chi connectivity index (χ3v) is 2.28. The summed E-state index contributed by atoms with van der Waals surface area (Å²) in [6.07, 6.45) is 3.52. The molecule has 1 heterocycles. The summed E-state index contributed by atoms with van der Waals surface area (Å²) in [6, 6.07) is 9.51. The molecule has 78 valence electrons. The van der Waals surface area contributed by atoms with E-state index in [9.17, 15) is 5.11 Å². The number of hydrogen-bond donors (Lipinski definition) is 1. The Morgan fingerprint density at radius 1 is 1.27 bits per heavy atom. The third-order valence-electron chi connectivity index (χ3n) is 2.28. The van der Waals surface area contributed by atoms with Crippen LogP contribution in [0.4, 0.5) is 0 Å². The lowest BCUT2D eigenvalue weighted by Gasteiger charge is -2.08. The van der Waals surface area contributed by atoms with E-state index >= 15 is 0 Å². The van der Waals surface area contributed by atoms with Crippen LogP contribution in [-0.2, 0) is 6.54 Å². The van der Waals surface area contributed by atoms with Crippen LogP contribution in [0.5, 0.6) is 11.5 Å². The summed E-state index contributed by atoms with van der Waals surface area (Å²) >= 11 is 0. The molecule has 1 aromatic carbocycles. The molecule has 0 aliphatic carbocycles. The first-order chi connectivity index (χ1) is 7.29. The van der Waals surface area contributed by atoms with Crippen molar-refractivity contribution in [2.24, 2.45) is 0 Å². The van der Waals surface area contributed by atoms with Crippen LogP contribution in [0, 0.1) is 0 Å². The van der Waals surface area contributed by atoms with E-state index in [2.05, 4.69) is 0 Å². The van der Waals surface area contributed by atoms with Crippen molar-refractivity contribution in [2.75, 3.05) is 7.11 Å². The maximum absolute atomic E-state index is 9.21. The van der Waals surface area contributed by atoms with Gasteiger partial charge in [0.1, 0.15) is 11.5 Å². The second-order valence-corrected chi connectivity index (χ2v) is 3.35. The Bertz CT molecular complexity index is 448. The van der Waals surface area contributed by atoms with Gasteiger partial charge in [-0.25, -0.2) is 0 Å². The minimum Gasteiger partial charge on any atom is -0.506 e. The molecule has 15 heavy (non-hydrogen) atoms. The zero-order valence-corrected chi connectivity index (χ0v) is 8.55. The van der Waals surface area contributed by atoms with Crippen molar-refractivity contribution in [3.05, 3.63) is 48.3 Å². The number of ether oxygens (including phenoxy) is 1. The van der Waals surface area contributed by atoms with Gasteiger partial charge in [-0.1, -0.05) is 18.2 Å². The normalized spacial score (nSPS) is 10.2. The number of aromatic nitrogens is 1. The highest BCUT2D eigenvalue weighted by Crippen LogP contribution is 2.19. The second kappa shape index (κ2) is 4.09. The quantitative estimate of drug-likeness (QED) is 0.830. The molecule has 0 atom stereocenters. The zero-order valence-electron chi connectivity index (χ0n) is 8.55. The van der Waals surface area contributed by atoms with E-state index in [-0.39, 0.29) is 5.75 Å². The molecule has 0 aliphatic rings. The van der Waals surface area contributed by atoms with Gasteiger partial charge in [0.05, 0.1) is 13.7 Å². The van der Waals surface area contributed by atoms with Gasteiger partial charge in [0.15, 0.2) is 0 Å². The predicted molar refractivity (Wildman–Crippen MR) is 58.2 cm³/mol. The van der Waals surface area contributed by atoms with E-state index < -0.39 is 0 Å². The smallest absolute Gasteiger partial charge is 0.133 e. The SMILES string of the molecule is COc1ccccc1Cn1ccc(O)c1. The standard InChI is InChI=1S/C12H13NO2/c1-15-12-5-3-2-4-10(12)8-13-7-6-11(14)9-13/h2-7,9,14H,8H2,1H3. The van der Waals surface area contributed by atoms with Crippen molar-refractivity contribution in [1.82, 2.24) is 4.57 Å². The fourth-order valence-electron chi connectivity index (χ4n) is 1.56. The zero-order chi connectivity index (χ0) is 10.7. The van der Waals surface area contributed by atoms with Crippen molar-refractivity contribution in [1.29, 1.82) is 0 Å². The molecule has 0 fully saturated rings. The maximum atomic E-state index is 9.21. The van der Waals surface area contributed by atoms with Gasteiger partial charge in [-0.2, -0.15) is 0 Å². The van der Waals surface area contributed by atoms with Gasteiger partial charge in [0, 0.05) is 18.0 Å². The van der Waals surface area contributed by atoms with Gasteiger partial charge < -0.3 is 14.4 Å². The number of methoxy groups -OCH3 is 1. The first-order valence-electron chi connectivity index (χ1n) is 4.76. The molecule has 3 heteroatoms. The molecule has 3 nitrogen and oxygen atoms in total. The molecule has 0 saturated carbocycles. The first-order valence-corrected chi connectivity index (χ1v) is 4.76. The van der Waals surface area contributed by atoms with E-state index in [1.807, 2.05) is 35.0 Å². The summed E-state index contributed by atoms with van der Waals surface area (Å²) < 4.78 is 7.16. The van der Waals surface area contributed by atoms with Crippen LogP contribution < -0.4 is 4.74 Å². The highest BCUT2D eigenvalue weighted by molar-refractivity contribution is 5.33. The highest BCUT2D eigenvalue weighted by Gasteiger charge is 2.02. The van der Waals surface area contributed by atoms with Crippen LogP contribution in [0.15, 0.2) is 42.7 Å². The number of para-hydroxylation sites is 1. The van der Waals surface area contributed by atoms with E-state index in [1.165, 1.54) is 0 Å². The predicted octanol–water partition coefficient (Wildman–Crippen LogP) is 2.25. The van der Waals surface area contributed by atoms with Crippen molar-refractivity contribution in [3.8, 4) is 11.5 Å². The van der Waals surface area contributed by atoms with Gasteiger partial charge in [-0.3, -0.25) is 0 Å². The third kappa shape index (κ3) is 2.13. The summed E-state index contributed by atoms with van der Waals surface area (Å²) in [5, 5.41) is 9.21. The lowest BCUT2D eigenvalue weighted by atomic mass is 10.2. The number of aromatic hydroxyl groups is 1. The summed E-state index contributed by atoms with van der Waals surface area (Å²) in [7, 11) is 1.66. The van der Waals surface area contributed by atoms with Gasteiger partial charge in [-0.05, 0) is 12.1 Å². The minimum absolute atomic E-state index is 0.282. The largest absolute Gasteiger partial charge is 0.506 e. The minimum atomic E-state index is 0.282. The number of rotatable bonds is 3. The van der Waals surface area contributed by atoms with E-state index in [1.54, 1.807) is 19.4 Å². The van der Waals surface area contributed by atoms with Crippen LogP contribution in [0.2, 0.25) is 0 Å². The molecular formula is C12H13NO2. The second-order valence-electron chi connectivity index (χ2n) is 3.35. The van der Waals surface area contributed by atoms with Crippen LogP contribution in [0.25, 0.3) is 0 Å². The monoisotopic (exact) mass is 203 g/mol. The van der Waals surface area contributed by atoms with Gasteiger partial charge in [0.25, 0.3) is 0 Å².